The molecule has 0 spiro atoms. The fraction of sp³-hybridized carbons (Fsp3) is 0.235. The normalized spacial score (nSPS) is 15.8. The topological polar surface area (TPSA) is 59.6 Å². The Morgan fingerprint density at radius 3 is 2.67 bits per heavy atom. The van der Waals surface area contributed by atoms with E-state index in [-0.39, 0.29) is 17.1 Å². The Morgan fingerprint density at radius 1 is 1.26 bits per heavy atom. The van der Waals surface area contributed by atoms with Gasteiger partial charge in [-0.1, -0.05) is 17.7 Å². The lowest BCUT2D eigenvalue weighted by atomic mass is 10.1. The molecule has 0 unspecified atom stereocenters. The highest BCUT2D eigenvalue weighted by molar-refractivity contribution is 6.31. The summed E-state index contributed by atoms with van der Waals surface area (Å²) in [6.45, 7) is -1.65. The van der Waals surface area contributed by atoms with Gasteiger partial charge in [0.05, 0.1) is 24.3 Å². The third-order valence-electron chi connectivity index (χ3n) is 4.38. The molecule has 3 heterocycles. The molecule has 1 saturated heterocycles. The molecule has 0 bridgehead atoms. The van der Waals surface area contributed by atoms with Gasteiger partial charge >= 0.3 is 0 Å². The number of alkyl halides is 2. The number of carbonyl (C=O) groups is 1. The molecule has 0 saturated carbocycles. The monoisotopic (exact) mass is 396 g/mol. The van der Waals surface area contributed by atoms with Crippen molar-refractivity contribution in [2.24, 2.45) is 0 Å². The lowest BCUT2D eigenvalue weighted by Gasteiger charge is -2.38. The highest BCUT2D eigenvalue weighted by Crippen LogP contribution is 2.28. The Hall–Kier alpha value is -2.81. The first-order valence-electron chi connectivity index (χ1n) is 7.93. The van der Waals surface area contributed by atoms with Crippen LogP contribution in [0.4, 0.5) is 13.2 Å². The van der Waals surface area contributed by atoms with E-state index < -0.39 is 36.3 Å². The molecule has 1 fully saturated rings. The summed E-state index contributed by atoms with van der Waals surface area (Å²) in [6.07, 6.45) is 4.27. The minimum Gasteiger partial charge on any atom is -0.329 e. The number of amides is 1. The number of aromatic nitrogens is 3. The minimum absolute atomic E-state index is 0.100. The lowest BCUT2D eigenvalue weighted by Crippen LogP contribution is -2.59. The summed E-state index contributed by atoms with van der Waals surface area (Å²) in [5, 5.41) is 3.98. The van der Waals surface area contributed by atoms with Gasteiger partial charge in [-0.3, -0.25) is 9.59 Å². The van der Waals surface area contributed by atoms with E-state index in [1.807, 2.05) is 0 Å². The van der Waals surface area contributed by atoms with Crippen LogP contribution < -0.4 is 5.56 Å². The third-order valence-corrected chi connectivity index (χ3v) is 4.67. The third kappa shape index (κ3) is 3.08. The second-order valence-corrected chi connectivity index (χ2v) is 6.72. The highest BCUT2D eigenvalue weighted by atomic mass is 35.5. The molecule has 1 aliphatic heterocycles. The van der Waals surface area contributed by atoms with Crippen molar-refractivity contribution >= 4 is 23.0 Å². The van der Waals surface area contributed by atoms with Gasteiger partial charge in [0.25, 0.3) is 11.5 Å². The largest absolute Gasteiger partial charge is 0.329 e. The molecule has 1 aromatic carbocycles. The Balaban J connectivity index is 1.70. The van der Waals surface area contributed by atoms with E-state index in [2.05, 4.69) is 5.10 Å². The fourth-order valence-corrected chi connectivity index (χ4v) is 3.15. The van der Waals surface area contributed by atoms with Gasteiger partial charge in [-0.05, 0) is 17.7 Å². The predicted octanol–water partition coefficient (Wildman–Crippen LogP) is 2.43. The zero-order valence-corrected chi connectivity index (χ0v) is 14.5. The summed E-state index contributed by atoms with van der Waals surface area (Å²) in [5.74, 6) is -4.03. The maximum atomic E-state index is 13.4. The Morgan fingerprint density at radius 2 is 2.00 bits per heavy atom. The first-order chi connectivity index (χ1) is 12.7. The van der Waals surface area contributed by atoms with Crippen LogP contribution >= 0.6 is 11.6 Å². The maximum absolute atomic E-state index is 13.4. The van der Waals surface area contributed by atoms with Crippen LogP contribution in [0.25, 0.3) is 16.6 Å². The second kappa shape index (κ2) is 6.12. The average molecular weight is 397 g/mol. The molecular formula is C17H12ClF3N4O2. The minimum atomic E-state index is -2.87. The van der Waals surface area contributed by atoms with E-state index in [0.717, 1.165) is 9.47 Å². The van der Waals surface area contributed by atoms with Crippen molar-refractivity contribution in [3.63, 3.8) is 0 Å². The van der Waals surface area contributed by atoms with Gasteiger partial charge in [0.15, 0.2) is 0 Å². The van der Waals surface area contributed by atoms with E-state index >= 15 is 0 Å². The number of nitrogens with zero attached hydrogens (tertiary/aromatic N) is 4. The first kappa shape index (κ1) is 17.6. The molecular weight excluding hydrogens is 385 g/mol. The molecule has 0 N–H and O–H groups in total. The molecule has 1 aliphatic rings. The van der Waals surface area contributed by atoms with Gasteiger partial charge in [-0.25, -0.2) is 17.7 Å². The zero-order valence-electron chi connectivity index (χ0n) is 13.7. The Bertz CT molecular complexity index is 1120. The SMILES string of the molecule is O=C(Cn1ccn2ncc(-c3ccc(F)c(Cl)c3)c2c1=O)N1CC(F)(F)C1. The van der Waals surface area contributed by atoms with Crippen LogP contribution in [0.1, 0.15) is 0 Å². The fourth-order valence-electron chi connectivity index (χ4n) is 2.97. The molecule has 0 radical (unpaired) electrons. The van der Waals surface area contributed by atoms with Crippen LogP contribution in [0.3, 0.4) is 0 Å². The number of benzene rings is 1. The van der Waals surface area contributed by atoms with Crippen molar-refractivity contribution in [2.45, 2.75) is 12.5 Å². The van der Waals surface area contributed by atoms with Gasteiger partial charge in [0.1, 0.15) is 17.9 Å². The zero-order chi connectivity index (χ0) is 19.3. The molecule has 0 atom stereocenters. The molecule has 2 aromatic heterocycles. The average Bonchev–Trinajstić information content (AvgIpc) is 3.02. The van der Waals surface area contributed by atoms with Gasteiger partial charge in [-0.2, -0.15) is 5.10 Å². The summed E-state index contributed by atoms with van der Waals surface area (Å²) >= 11 is 5.81. The molecule has 10 heteroatoms. The van der Waals surface area contributed by atoms with Crippen LogP contribution in [-0.2, 0) is 11.3 Å². The van der Waals surface area contributed by atoms with E-state index in [9.17, 15) is 22.8 Å². The Labute approximate surface area is 155 Å². The maximum Gasteiger partial charge on any atom is 0.282 e. The summed E-state index contributed by atoms with van der Waals surface area (Å²) in [6, 6.07) is 4.01. The summed E-state index contributed by atoms with van der Waals surface area (Å²) in [5.41, 5.74) is 0.548. The lowest BCUT2D eigenvalue weighted by molar-refractivity contribution is -0.166. The molecule has 140 valence electrons. The number of hydrogen-bond donors (Lipinski definition) is 0. The number of hydrogen-bond acceptors (Lipinski definition) is 3. The van der Waals surface area contributed by atoms with Crippen LogP contribution in [0.5, 0.6) is 0 Å². The van der Waals surface area contributed by atoms with Crippen LogP contribution in [-0.4, -0.2) is 44.0 Å². The quantitative estimate of drug-likeness (QED) is 0.683. The van der Waals surface area contributed by atoms with E-state index in [1.54, 1.807) is 0 Å². The Kier molecular flexibility index (Phi) is 3.99. The van der Waals surface area contributed by atoms with E-state index in [0.29, 0.717) is 11.1 Å². The van der Waals surface area contributed by atoms with Crippen LogP contribution in [0.15, 0.2) is 41.6 Å². The van der Waals surface area contributed by atoms with Gasteiger partial charge < -0.3 is 9.47 Å². The first-order valence-corrected chi connectivity index (χ1v) is 8.31. The summed E-state index contributed by atoms with van der Waals surface area (Å²) < 4.78 is 41.7. The van der Waals surface area contributed by atoms with Crippen LogP contribution in [0, 0.1) is 5.82 Å². The smallest absolute Gasteiger partial charge is 0.282 e. The molecule has 4 rings (SSSR count). The van der Waals surface area contributed by atoms with Crippen molar-refractivity contribution in [2.75, 3.05) is 13.1 Å². The molecule has 1 amide bonds. The van der Waals surface area contributed by atoms with E-state index in [1.165, 1.54) is 41.3 Å². The van der Waals surface area contributed by atoms with Crippen molar-refractivity contribution in [3.05, 3.63) is 58.0 Å². The van der Waals surface area contributed by atoms with Gasteiger partial charge in [0.2, 0.25) is 5.91 Å². The van der Waals surface area contributed by atoms with E-state index in [4.69, 9.17) is 11.6 Å². The summed E-state index contributed by atoms with van der Waals surface area (Å²) in [7, 11) is 0. The van der Waals surface area contributed by atoms with Crippen molar-refractivity contribution in [3.8, 4) is 11.1 Å². The molecule has 0 aliphatic carbocycles. The van der Waals surface area contributed by atoms with Crippen molar-refractivity contribution in [1.29, 1.82) is 0 Å². The number of rotatable bonds is 3. The number of likely N-dealkylation sites (tertiary alicyclic amines) is 1. The number of carbonyl (C=O) groups excluding carboxylic acids is 1. The highest BCUT2D eigenvalue weighted by Gasteiger charge is 2.46. The number of fused-ring (bicyclic) bond motifs is 1. The van der Waals surface area contributed by atoms with Crippen molar-refractivity contribution < 1.29 is 18.0 Å². The van der Waals surface area contributed by atoms with Gasteiger partial charge in [-0.15, -0.1) is 0 Å². The van der Waals surface area contributed by atoms with Crippen molar-refractivity contribution in [1.82, 2.24) is 19.1 Å². The molecule has 6 nitrogen and oxygen atoms in total. The predicted molar refractivity (Wildman–Crippen MR) is 91.4 cm³/mol. The molecule has 3 aromatic rings. The number of halogens is 4. The van der Waals surface area contributed by atoms with Gasteiger partial charge in [0, 0.05) is 18.0 Å². The van der Waals surface area contributed by atoms with Crippen LogP contribution in [0.2, 0.25) is 5.02 Å². The second-order valence-electron chi connectivity index (χ2n) is 6.32. The standard InChI is InChI=1S/C17H12ClF3N4O2/c18-12-5-10(1-2-13(12)19)11-6-22-25-4-3-23(16(27)15(11)25)7-14(26)24-8-17(20,21)9-24/h1-6H,7-9H2. The molecule has 27 heavy (non-hydrogen) atoms. The summed E-state index contributed by atoms with van der Waals surface area (Å²) in [4.78, 5) is 25.9.